The second-order valence-corrected chi connectivity index (χ2v) is 4.42. The Labute approximate surface area is 84.6 Å². The molecule has 0 radical (unpaired) electrons. The minimum absolute atomic E-state index is 0. The van der Waals surface area contributed by atoms with E-state index >= 15 is 0 Å². The molecule has 0 aromatic carbocycles. The molecule has 70 valence electrons. The Bertz CT molecular complexity index is 220. The molecule has 0 aliphatic rings. The summed E-state index contributed by atoms with van der Waals surface area (Å²) in [5.41, 5.74) is 0. The fourth-order valence-electron chi connectivity index (χ4n) is 0.885. The maximum atomic E-state index is 3.39. The van der Waals surface area contributed by atoms with Crippen LogP contribution in [-0.2, 0) is 6.54 Å². The molecule has 0 aliphatic carbocycles. The van der Waals surface area contributed by atoms with E-state index < -0.39 is 0 Å². The molecule has 0 fully saturated rings. The van der Waals surface area contributed by atoms with E-state index in [4.69, 9.17) is 0 Å². The minimum atomic E-state index is 0. The van der Waals surface area contributed by atoms with Crippen LogP contribution in [0.2, 0.25) is 0 Å². The van der Waals surface area contributed by atoms with Crippen LogP contribution < -0.4 is 5.32 Å². The topological polar surface area (TPSA) is 12.0 Å². The molecule has 0 spiro atoms. The third kappa shape index (κ3) is 4.10. The van der Waals surface area contributed by atoms with Gasteiger partial charge in [-0.15, -0.1) is 23.7 Å². The predicted molar refractivity (Wildman–Crippen MR) is 58.3 cm³/mol. The lowest BCUT2D eigenvalue weighted by atomic mass is 10.3. The van der Waals surface area contributed by atoms with Gasteiger partial charge in [0.2, 0.25) is 0 Å². The van der Waals surface area contributed by atoms with Crippen molar-refractivity contribution < 1.29 is 0 Å². The maximum Gasteiger partial charge on any atom is 0.0302 e. The van der Waals surface area contributed by atoms with Crippen LogP contribution in [0.15, 0.2) is 12.1 Å². The molecule has 3 heteroatoms. The first-order valence-corrected chi connectivity index (χ1v) is 4.79. The number of rotatable bonds is 3. The van der Waals surface area contributed by atoms with Crippen LogP contribution in [0.25, 0.3) is 0 Å². The number of hydrogen-bond acceptors (Lipinski definition) is 2. The molecule has 0 saturated carbocycles. The fraction of sp³-hybridized carbons (Fsp3) is 0.556. The van der Waals surface area contributed by atoms with Gasteiger partial charge in [0.05, 0.1) is 0 Å². The molecule has 12 heavy (non-hydrogen) atoms. The molecule has 0 saturated heterocycles. The maximum absolute atomic E-state index is 3.39. The standard InChI is InChI=1S/C9H15NS.ClH/c1-7(2)10-6-9-5-4-8(3)11-9;/h4-5,7,10H,6H2,1-3H3;1H. The molecular weight excluding hydrogens is 190 g/mol. The molecule has 0 bridgehead atoms. The Morgan fingerprint density at radius 2 is 2.08 bits per heavy atom. The fourth-order valence-corrected chi connectivity index (χ4v) is 1.73. The molecule has 0 unspecified atom stereocenters. The summed E-state index contributed by atoms with van der Waals surface area (Å²) in [6, 6.07) is 4.94. The van der Waals surface area contributed by atoms with E-state index in [-0.39, 0.29) is 12.4 Å². The highest BCUT2D eigenvalue weighted by molar-refractivity contribution is 7.11. The summed E-state index contributed by atoms with van der Waals surface area (Å²) in [4.78, 5) is 2.82. The van der Waals surface area contributed by atoms with Gasteiger partial charge in [0.15, 0.2) is 0 Å². The quantitative estimate of drug-likeness (QED) is 0.800. The molecule has 1 N–H and O–H groups in total. The summed E-state index contributed by atoms with van der Waals surface area (Å²) in [5, 5.41) is 3.39. The second-order valence-electron chi connectivity index (χ2n) is 3.05. The smallest absolute Gasteiger partial charge is 0.0302 e. The highest BCUT2D eigenvalue weighted by Gasteiger charge is 1.96. The van der Waals surface area contributed by atoms with Crippen molar-refractivity contribution in [3.63, 3.8) is 0 Å². The molecule has 1 rings (SSSR count). The van der Waals surface area contributed by atoms with Crippen molar-refractivity contribution in [3.05, 3.63) is 21.9 Å². The summed E-state index contributed by atoms with van der Waals surface area (Å²) in [6.07, 6.45) is 0. The Hall–Kier alpha value is -0.0500. The lowest BCUT2D eigenvalue weighted by molar-refractivity contribution is 0.593. The molecular formula is C9H16ClNS. The Balaban J connectivity index is 0.00000121. The molecule has 0 aliphatic heterocycles. The summed E-state index contributed by atoms with van der Waals surface area (Å²) >= 11 is 1.87. The van der Waals surface area contributed by atoms with E-state index in [2.05, 4.69) is 38.2 Å². The second kappa shape index (κ2) is 5.57. The summed E-state index contributed by atoms with van der Waals surface area (Å²) in [6.45, 7) is 7.49. The van der Waals surface area contributed by atoms with Gasteiger partial charge in [0, 0.05) is 22.3 Å². The first-order chi connectivity index (χ1) is 5.18. The van der Waals surface area contributed by atoms with Crippen molar-refractivity contribution in [1.29, 1.82) is 0 Å². The zero-order chi connectivity index (χ0) is 8.27. The van der Waals surface area contributed by atoms with Gasteiger partial charge in [0.1, 0.15) is 0 Å². The van der Waals surface area contributed by atoms with Crippen LogP contribution in [0.4, 0.5) is 0 Å². The normalized spacial score (nSPS) is 10.0. The van der Waals surface area contributed by atoms with Crippen molar-refractivity contribution >= 4 is 23.7 Å². The van der Waals surface area contributed by atoms with Gasteiger partial charge >= 0.3 is 0 Å². The highest BCUT2D eigenvalue weighted by Crippen LogP contribution is 2.14. The van der Waals surface area contributed by atoms with Crippen LogP contribution in [0, 0.1) is 6.92 Å². The number of halogens is 1. The zero-order valence-electron chi connectivity index (χ0n) is 7.76. The van der Waals surface area contributed by atoms with Crippen molar-refractivity contribution in [2.24, 2.45) is 0 Å². The van der Waals surface area contributed by atoms with Crippen LogP contribution >= 0.6 is 23.7 Å². The third-order valence-electron chi connectivity index (χ3n) is 1.48. The lowest BCUT2D eigenvalue weighted by Crippen LogP contribution is -2.21. The Morgan fingerprint density at radius 1 is 1.42 bits per heavy atom. The highest BCUT2D eigenvalue weighted by atomic mass is 35.5. The number of hydrogen-bond donors (Lipinski definition) is 1. The molecule has 1 aromatic rings. The van der Waals surface area contributed by atoms with Gasteiger partial charge < -0.3 is 5.32 Å². The van der Waals surface area contributed by atoms with Gasteiger partial charge in [-0.25, -0.2) is 0 Å². The number of thiophene rings is 1. The van der Waals surface area contributed by atoms with Gasteiger partial charge in [-0.05, 0) is 19.1 Å². The number of aryl methyl sites for hydroxylation is 1. The first kappa shape index (κ1) is 11.9. The first-order valence-electron chi connectivity index (χ1n) is 3.97. The molecule has 0 atom stereocenters. The van der Waals surface area contributed by atoms with Crippen LogP contribution in [-0.4, -0.2) is 6.04 Å². The van der Waals surface area contributed by atoms with E-state index in [9.17, 15) is 0 Å². The zero-order valence-corrected chi connectivity index (χ0v) is 9.39. The SMILES string of the molecule is Cc1ccc(CNC(C)C)s1.Cl. The van der Waals surface area contributed by atoms with E-state index in [0.717, 1.165) is 6.54 Å². The summed E-state index contributed by atoms with van der Waals surface area (Å²) < 4.78 is 0. The van der Waals surface area contributed by atoms with Crippen LogP contribution in [0.5, 0.6) is 0 Å². The van der Waals surface area contributed by atoms with Gasteiger partial charge in [-0.1, -0.05) is 13.8 Å². The van der Waals surface area contributed by atoms with Gasteiger partial charge in [-0.3, -0.25) is 0 Å². The molecule has 0 amide bonds. The Morgan fingerprint density at radius 3 is 2.50 bits per heavy atom. The predicted octanol–water partition coefficient (Wildman–Crippen LogP) is 2.98. The molecule has 1 aromatic heterocycles. The largest absolute Gasteiger partial charge is 0.310 e. The van der Waals surface area contributed by atoms with Gasteiger partial charge in [-0.2, -0.15) is 0 Å². The van der Waals surface area contributed by atoms with E-state index in [1.165, 1.54) is 9.75 Å². The van der Waals surface area contributed by atoms with Gasteiger partial charge in [0.25, 0.3) is 0 Å². The average molecular weight is 206 g/mol. The summed E-state index contributed by atoms with van der Waals surface area (Å²) in [5.74, 6) is 0. The lowest BCUT2D eigenvalue weighted by Gasteiger charge is -2.04. The molecule has 1 nitrogen and oxygen atoms in total. The van der Waals surface area contributed by atoms with E-state index in [0.29, 0.717) is 6.04 Å². The third-order valence-corrected chi connectivity index (χ3v) is 2.48. The monoisotopic (exact) mass is 205 g/mol. The van der Waals surface area contributed by atoms with Crippen molar-refractivity contribution in [3.8, 4) is 0 Å². The minimum Gasteiger partial charge on any atom is -0.310 e. The summed E-state index contributed by atoms with van der Waals surface area (Å²) in [7, 11) is 0. The van der Waals surface area contributed by atoms with E-state index in [1.54, 1.807) is 0 Å². The van der Waals surface area contributed by atoms with Crippen LogP contribution in [0.1, 0.15) is 23.6 Å². The van der Waals surface area contributed by atoms with Crippen molar-refractivity contribution in [1.82, 2.24) is 5.32 Å². The molecule has 1 heterocycles. The van der Waals surface area contributed by atoms with Crippen LogP contribution in [0.3, 0.4) is 0 Å². The number of nitrogens with one attached hydrogen (secondary N) is 1. The van der Waals surface area contributed by atoms with Crippen molar-refractivity contribution in [2.45, 2.75) is 33.4 Å². The average Bonchev–Trinajstić information content (AvgIpc) is 2.31. The van der Waals surface area contributed by atoms with E-state index in [1.807, 2.05) is 11.3 Å². The van der Waals surface area contributed by atoms with Crippen molar-refractivity contribution in [2.75, 3.05) is 0 Å². The Kier molecular flexibility index (Phi) is 5.55.